The highest BCUT2D eigenvalue weighted by Gasteiger charge is 2.21. The van der Waals surface area contributed by atoms with Crippen molar-refractivity contribution < 1.29 is 4.74 Å². The Labute approximate surface area is 129 Å². The highest BCUT2D eigenvalue weighted by molar-refractivity contribution is 5.27. The Kier molecular flexibility index (Phi) is 6.52. The Hall–Kier alpha value is -1.06. The summed E-state index contributed by atoms with van der Waals surface area (Å²) in [6.45, 7) is 9.90. The van der Waals surface area contributed by atoms with Gasteiger partial charge < -0.3 is 10.1 Å². The summed E-state index contributed by atoms with van der Waals surface area (Å²) in [7, 11) is 1.97. The molecule has 0 aliphatic carbocycles. The highest BCUT2D eigenvalue weighted by atomic mass is 16.5. The number of nitrogens with zero attached hydrogens (tertiary/aromatic N) is 1. The van der Waals surface area contributed by atoms with E-state index in [0.29, 0.717) is 0 Å². The first-order valence-corrected chi connectivity index (χ1v) is 8.27. The summed E-state index contributed by atoms with van der Waals surface area (Å²) in [6.07, 6.45) is 2.69. The second-order valence-electron chi connectivity index (χ2n) is 6.45. The summed E-state index contributed by atoms with van der Waals surface area (Å²) in [5, 5.41) is 3.15. The number of likely N-dealkylation sites (tertiary alicyclic amines) is 1. The fourth-order valence-corrected chi connectivity index (χ4v) is 3.04. The number of hydrogen-bond acceptors (Lipinski definition) is 3. The molecule has 0 saturated carbocycles. The lowest BCUT2D eigenvalue weighted by molar-refractivity contribution is 0.136. The molecule has 1 aliphatic rings. The lowest BCUT2D eigenvalue weighted by atomic mass is 9.87. The average Bonchev–Trinajstić information content (AvgIpc) is 2.50. The Bertz CT molecular complexity index is 394. The number of rotatable bonds is 7. The third kappa shape index (κ3) is 5.33. The molecule has 3 heteroatoms. The first-order valence-electron chi connectivity index (χ1n) is 8.27. The van der Waals surface area contributed by atoms with Gasteiger partial charge in [0.25, 0.3) is 0 Å². The van der Waals surface area contributed by atoms with Crippen molar-refractivity contribution in [2.24, 2.45) is 11.8 Å². The zero-order chi connectivity index (χ0) is 15.1. The zero-order valence-corrected chi connectivity index (χ0v) is 13.8. The maximum Gasteiger partial charge on any atom is 0.119 e. The molecule has 1 aliphatic heterocycles. The van der Waals surface area contributed by atoms with Gasteiger partial charge in [0.05, 0.1) is 0 Å². The lowest BCUT2D eigenvalue weighted by Gasteiger charge is -2.33. The summed E-state index contributed by atoms with van der Waals surface area (Å²) in [5.74, 6) is 2.73. The van der Waals surface area contributed by atoms with E-state index in [2.05, 4.69) is 48.3 Å². The molecule has 0 atom stereocenters. The van der Waals surface area contributed by atoms with Gasteiger partial charge in [0.2, 0.25) is 0 Å². The summed E-state index contributed by atoms with van der Waals surface area (Å²) >= 11 is 0. The molecule has 1 fully saturated rings. The van der Waals surface area contributed by atoms with Gasteiger partial charge in [0, 0.05) is 13.1 Å². The topological polar surface area (TPSA) is 24.5 Å². The minimum Gasteiger partial charge on any atom is -0.492 e. The third-order valence-corrected chi connectivity index (χ3v) is 4.56. The molecule has 0 radical (unpaired) electrons. The number of ether oxygens (including phenoxy) is 1. The molecular formula is C18H30N2O. The van der Waals surface area contributed by atoms with Crippen molar-refractivity contribution in [2.45, 2.75) is 33.2 Å². The summed E-state index contributed by atoms with van der Waals surface area (Å²) in [6, 6.07) is 8.38. The van der Waals surface area contributed by atoms with Gasteiger partial charge in [-0.05, 0) is 62.5 Å². The monoisotopic (exact) mass is 290 g/mol. The molecule has 0 bridgehead atoms. The second-order valence-corrected chi connectivity index (χ2v) is 6.45. The number of hydrogen-bond donors (Lipinski definition) is 1. The second kappa shape index (κ2) is 8.40. The fraction of sp³-hybridized carbons (Fsp3) is 0.667. The summed E-state index contributed by atoms with van der Waals surface area (Å²) in [5.41, 5.74) is 1.29. The van der Waals surface area contributed by atoms with Crippen molar-refractivity contribution >= 4 is 0 Å². The van der Waals surface area contributed by atoms with Crippen molar-refractivity contribution in [1.29, 1.82) is 0 Å². The van der Waals surface area contributed by atoms with Crippen molar-refractivity contribution in [3.05, 3.63) is 29.8 Å². The first-order chi connectivity index (χ1) is 10.2. The van der Waals surface area contributed by atoms with Crippen LogP contribution in [0.1, 0.15) is 32.3 Å². The summed E-state index contributed by atoms with van der Waals surface area (Å²) < 4.78 is 5.85. The van der Waals surface area contributed by atoms with E-state index in [4.69, 9.17) is 4.74 Å². The molecule has 1 heterocycles. The van der Waals surface area contributed by atoms with Crippen LogP contribution in [-0.2, 0) is 6.54 Å². The van der Waals surface area contributed by atoms with Gasteiger partial charge in [-0.3, -0.25) is 4.90 Å². The van der Waals surface area contributed by atoms with E-state index < -0.39 is 0 Å². The first kappa shape index (κ1) is 16.3. The molecule has 0 amide bonds. The van der Waals surface area contributed by atoms with Crippen LogP contribution >= 0.6 is 0 Å². The van der Waals surface area contributed by atoms with Crippen LogP contribution in [0, 0.1) is 11.8 Å². The Morgan fingerprint density at radius 3 is 2.43 bits per heavy atom. The molecule has 0 unspecified atom stereocenters. The molecule has 118 valence electrons. The van der Waals surface area contributed by atoms with E-state index in [9.17, 15) is 0 Å². The molecule has 1 aromatic rings. The quantitative estimate of drug-likeness (QED) is 0.835. The van der Waals surface area contributed by atoms with Gasteiger partial charge in [-0.1, -0.05) is 26.0 Å². The number of benzene rings is 1. The number of piperidine rings is 1. The van der Waals surface area contributed by atoms with Crippen LogP contribution in [0.5, 0.6) is 5.75 Å². The Balaban J connectivity index is 1.65. The van der Waals surface area contributed by atoms with Crippen LogP contribution in [0.25, 0.3) is 0 Å². The molecule has 1 aromatic carbocycles. The van der Waals surface area contributed by atoms with Gasteiger partial charge in [-0.15, -0.1) is 0 Å². The highest BCUT2D eigenvalue weighted by Crippen LogP contribution is 2.24. The molecule has 2 rings (SSSR count). The van der Waals surface area contributed by atoms with Gasteiger partial charge >= 0.3 is 0 Å². The molecule has 1 saturated heterocycles. The lowest BCUT2D eigenvalue weighted by Crippen LogP contribution is -2.37. The predicted octanol–water partition coefficient (Wildman–Crippen LogP) is 3.15. The average molecular weight is 290 g/mol. The molecule has 0 aromatic heterocycles. The van der Waals surface area contributed by atoms with Crippen LogP contribution in [0.3, 0.4) is 0 Å². The van der Waals surface area contributed by atoms with E-state index in [1.165, 1.54) is 31.5 Å². The molecule has 0 spiro atoms. The van der Waals surface area contributed by atoms with E-state index in [1.54, 1.807) is 0 Å². The van der Waals surface area contributed by atoms with Crippen molar-refractivity contribution in [2.75, 3.05) is 33.3 Å². The normalized spacial score (nSPS) is 17.3. The molecule has 3 nitrogen and oxygen atoms in total. The Morgan fingerprint density at radius 1 is 1.19 bits per heavy atom. The van der Waals surface area contributed by atoms with Crippen molar-refractivity contribution in [3.8, 4) is 5.75 Å². The van der Waals surface area contributed by atoms with E-state index in [-0.39, 0.29) is 0 Å². The van der Waals surface area contributed by atoms with Crippen LogP contribution in [-0.4, -0.2) is 38.2 Å². The van der Waals surface area contributed by atoms with Crippen molar-refractivity contribution in [3.63, 3.8) is 0 Å². The van der Waals surface area contributed by atoms with Crippen LogP contribution < -0.4 is 10.1 Å². The van der Waals surface area contributed by atoms with Gasteiger partial charge in [-0.2, -0.15) is 0 Å². The molecule has 1 N–H and O–H groups in total. The third-order valence-electron chi connectivity index (χ3n) is 4.56. The smallest absolute Gasteiger partial charge is 0.119 e. The molecule has 21 heavy (non-hydrogen) atoms. The van der Waals surface area contributed by atoms with Crippen LogP contribution in [0.2, 0.25) is 0 Å². The largest absolute Gasteiger partial charge is 0.492 e. The Morgan fingerprint density at radius 2 is 1.86 bits per heavy atom. The van der Waals surface area contributed by atoms with Gasteiger partial charge in [0.15, 0.2) is 0 Å². The van der Waals surface area contributed by atoms with Crippen LogP contribution in [0.4, 0.5) is 0 Å². The number of nitrogens with one attached hydrogen (secondary N) is 1. The predicted molar refractivity (Wildman–Crippen MR) is 88.7 cm³/mol. The summed E-state index contributed by atoms with van der Waals surface area (Å²) in [4.78, 5) is 2.54. The van der Waals surface area contributed by atoms with Gasteiger partial charge in [-0.25, -0.2) is 0 Å². The van der Waals surface area contributed by atoms with Crippen molar-refractivity contribution in [1.82, 2.24) is 10.2 Å². The van der Waals surface area contributed by atoms with Crippen LogP contribution in [0.15, 0.2) is 24.3 Å². The van der Waals surface area contributed by atoms with E-state index >= 15 is 0 Å². The minimum atomic E-state index is 0.789. The standard InChI is InChI=1S/C18H30N2O/c1-15(2)17-8-10-20(11-9-17)12-13-21-18-6-4-16(5-7-18)14-19-3/h4-7,15,17,19H,8-14H2,1-3H3. The van der Waals surface area contributed by atoms with E-state index in [1.807, 2.05) is 7.05 Å². The molecular weight excluding hydrogens is 260 g/mol. The van der Waals surface area contributed by atoms with Gasteiger partial charge in [0.1, 0.15) is 12.4 Å². The zero-order valence-electron chi connectivity index (χ0n) is 13.8. The van der Waals surface area contributed by atoms with E-state index in [0.717, 1.165) is 37.3 Å². The fourth-order valence-electron chi connectivity index (χ4n) is 3.04. The minimum absolute atomic E-state index is 0.789. The SMILES string of the molecule is CNCc1ccc(OCCN2CCC(C(C)C)CC2)cc1. The maximum atomic E-state index is 5.85. The maximum absolute atomic E-state index is 5.85.